The number of methoxy groups -OCH3 is 1. The minimum absolute atomic E-state index is 0. The van der Waals surface area contributed by atoms with Gasteiger partial charge < -0.3 is 24.7 Å². The Morgan fingerprint density at radius 1 is 0.754 bits per heavy atom. The number of fused-ring (bicyclic) bond motifs is 1. The molecule has 1 saturated carbocycles. The highest BCUT2D eigenvalue weighted by Crippen LogP contribution is 2.30. The van der Waals surface area contributed by atoms with Crippen LogP contribution < -0.4 is 10.5 Å². The number of anilines is 1. The van der Waals surface area contributed by atoms with Crippen molar-refractivity contribution in [3.8, 4) is 5.75 Å². The van der Waals surface area contributed by atoms with E-state index in [9.17, 15) is 14.4 Å². The molecule has 61 heavy (non-hydrogen) atoms. The molecule has 0 radical (unpaired) electrons. The molecular weight excluding hydrogens is 832 g/mol. The molecule has 1 fully saturated rings. The fraction of sp³-hybridized carbons (Fsp3) is 0.627. The second-order valence-electron chi connectivity index (χ2n) is 16.3. The van der Waals surface area contributed by atoms with Crippen LogP contribution in [0.5, 0.6) is 5.75 Å². The summed E-state index contributed by atoms with van der Waals surface area (Å²) in [5.41, 5.74) is 8.22. The van der Waals surface area contributed by atoms with Crippen LogP contribution in [0.25, 0.3) is 10.8 Å². The van der Waals surface area contributed by atoms with Gasteiger partial charge in [-0.25, -0.2) is 4.79 Å². The fourth-order valence-corrected chi connectivity index (χ4v) is 8.33. The van der Waals surface area contributed by atoms with Gasteiger partial charge in [0, 0.05) is 30.4 Å². The summed E-state index contributed by atoms with van der Waals surface area (Å²) >= 11 is 3.52. The number of unbranched alkanes of at least 4 members (excludes halogenated alkanes) is 14. The molecule has 1 unspecified atom stereocenters. The molecule has 2 N–H and O–H groups in total. The number of nitrogen functional groups attached to an aromatic ring is 1. The van der Waals surface area contributed by atoms with Gasteiger partial charge in [-0.2, -0.15) is 0 Å². The van der Waals surface area contributed by atoms with Crippen LogP contribution in [0.15, 0.2) is 59.1 Å². The van der Waals surface area contributed by atoms with Crippen molar-refractivity contribution in [2.45, 2.75) is 182 Å². The molecule has 0 aromatic heterocycles. The number of hydrogen-bond donors (Lipinski definition) is 1. The van der Waals surface area contributed by atoms with E-state index in [4.69, 9.17) is 24.7 Å². The average molecular weight is 912 g/mol. The number of halogens is 1. The Morgan fingerprint density at radius 3 is 1.90 bits per heavy atom. The number of esters is 3. The monoisotopic (exact) mass is 911 g/mol. The molecule has 3 aromatic carbocycles. The lowest BCUT2D eigenvalue weighted by Crippen LogP contribution is -2.36. The Morgan fingerprint density at radius 2 is 1.33 bits per heavy atom. The lowest BCUT2D eigenvalue weighted by atomic mass is 9.93. The van der Waals surface area contributed by atoms with Crippen molar-refractivity contribution in [1.82, 2.24) is 4.90 Å². The predicted octanol–water partition coefficient (Wildman–Crippen LogP) is 13.6. The zero-order valence-corrected chi connectivity index (χ0v) is 38.9. The number of ether oxygens (including phenoxy) is 4. The minimum atomic E-state index is -0.916. The van der Waals surface area contributed by atoms with E-state index in [1.165, 1.54) is 127 Å². The van der Waals surface area contributed by atoms with E-state index >= 15 is 0 Å². The van der Waals surface area contributed by atoms with Crippen LogP contribution in [0.2, 0.25) is 0 Å². The summed E-state index contributed by atoms with van der Waals surface area (Å²) < 4.78 is 22.0. The van der Waals surface area contributed by atoms with Crippen molar-refractivity contribution in [2.75, 3.05) is 32.6 Å². The molecule has 0 amide bonds. The molecular formula is C51H79BrN2O7. The molecule has 3 aromatic rings. The van der Waals surface area contributed by atoms with Crippen molar-refractivity contribution in [3.05, 3.63) is 70.2 Å². The maximum absolute atomic E-state index is 13.3. The van der Waals surface area contributed by atoms with E-state index in [1.54, 1.807) is 19.2 Å². The number of hydrogen-bond acceptors (Lipinski definition) is 9. The first-order valence-corrected chi connectivity index (χ1v) is 23.8. The van der Waals surface area contributed by atoms with Gasteiger partial charge in [-0.15, -0.1) is 0 Å². The summed E-state index contributed by atoms with van der Waals surface area (Å²) in [6, 6.07) is 18.2. The number of nitrogens with two attached hydrogens (primary N) is 1. The molecule has 0 heterocycles. The summed E-state index contributed by atoms with van der Waals surface area (Å²) in [5, 5.41) is 2.47. The number of rotatable bonds is 27. The quantitative estimate of drug-likeness (QED) is 0.0345. The summed E-state index contributed by atoms with van der Waals surface area (Å²) in [6.45, 7) is 6.87. The standard InChI is InChI=1S/C39H65BrN2O6.C11H10O.CH4/c1-4-6-7-8-9-10-11-12-13-14-15-16-17-18-22-25-37(44)47-30-35(29-46-31(3)43)48-39(45)32-26-33(38(41)36(40)27-32)28-42(5-2)34-23-20-19-21-24-34;1-12-11-7-6-9-4-2-3-5-10(9)8-11;/h26-27,34-35H,4-25,28-30,41H2,1-3H3;2-8H,1H3;1H4. The van der Waals surface area contributed by atoms with Crippen LogP contribution in [0.1, 0.15) is 179 Å². The average Bonchev–Trinajstić information content (AvgIpc) is 3.26. The molecule has 10 heteroatoms. The maximum atomic E-state index is 13.3. The zero-order valence-electron chi connectivity index (χ0n) is 37.3. The van der Waals surface area contributed by atoms with E-state index in [0.29, 0.717) is 34.7 Å². The number of carbonyl (C=O) groups is 3. The summed E-state index contributed by atoms with van der Waals surface area (Å²) in [7, 11) is 1.68. The van der Waals surface area contributed by atoms with Gasteiger partial charge in [0.15, 0.2) is 6.10 Å². The Hall–Kier alpha value is -3.63. The Balaban J connectivity index is 0.000000834. The lowest BCUT2D eigenvalue weighted by Gasteiger charge is -2.34. The SMILES string of the molecule is C.CCCCCCCCCCCCCCCCCC(=O)OCC(COC(C)=O)OC(=O)c1cc(Br)c(N)c(CN(CC)C2CCCCC2)c1.COc1ccc2ccccc2c1. The summed E-state index contributed by atoms with van der Waals surface area (Å²) in [5.74, 6) is -0.518. The van der Waals surface area contributed by atoms with Crippen molar-refractivity contribution in [1.29, 1.82) is 0 Å². The van der Waals surface area contributed by atoms with E-state index in [-0.39, 0.29) is 26.6 Å². The molecule has 342 valence electrons. The largest absolute Gasteiger partial charge is 0.497 e. The molecule has 1 atom stereocenters. The molecule has 0 spiro atoms. The third-order valence-corrected chi connectivity index (χ3v) is 12.1. The summed E-state index contributed by atoms with van der Waals surface area (Å²) in [6.07, 6.45) is 24.4. The van der Waals surface area contributed by atoms with Crippen LogP contribution in [0.4, 0.5) is 5.69 Å². The maximum Gasteiger partial charge on any atom is 0.338 e. The van der Waals surface area contributed by atoms with Crippen LogP contribution in [0.3, 0.4) is 0 Å². The highest BCUT2D eigenvalue weighted by atomic mass is 79.9. The Bertz CT molecular complexity index is 1680. The van der Waals surface area contributed by atoms with E-state index in [2.05, 4.69) is 52.9 Å². The van der Waals surface area contributed by atoms with Gasteiger partial charge >= 0.3 is 17.9 Å². The van der Waals surface area contributed by atoms with Crippen molar-refractivity contribution in [2.24, 2.45) is 0 Å². The second kappa shape index (κ2) is 32.1. The van der Waals surface area contributed by atoms with Crippen LogP contribution in [0, 0.1) is 0 Å². The first kappa shape index (κ1) is 53.5. The molecule has 1 aliphatic rings. The minimum Gasteiger partial charge on any atom is -0.497 e. The third kappa shape index (κ3) is 21.8. The van der Waals surface area contributed by atoms with Crippen molar-refractivity contribution in [3.63, 3.8) is 0 Å². The van der Waals surface area contributed by atoms with Gasteiger partial charge in [-0.1, -0.05) is 161 Å². The number of nitrogens with zero attached hydrogens (tertiary/aromatic N) is 1. The van der Waals surface area contributed by atoms with Gasteiger partial charge in [-0.05, 0) is 82.3 Å². The Kier molecular flexibility index (Phi) is 28.2. The van der Waals surface area contributed by atoms with Crippen LogP contribution >= 0.6 is 15.9 Å². The molecule has 4 rings (SSSR count). The normalized spacial score (nSPS) is 13.1. The summed E-state index contributed by atoms with van der Waals surface area (Å²) in [4.78, 5) is 39.7. The van der Waals surface area contributed by atoms with Gasteiger partial charge in [0.2, 0.25) is 0 Å². The first-order valence-electron chi connectivity index (χ1n) is 23.0. The van der Waals surface area contributed by atoms with Gasteiger partial charge in [0.05, 0.1) is 18.4 Å². The van der Waals surface area contributed by atoms with Crippen LogP contribution in [-0.4, -0.2) is 61.8 Å². The fourth-order valence-electron chi connectivity index (χ4n) is 7.83. The van der Waals surface area contributed by atoms with Gasteiger partial charge in [-0.3, -0.25) is 14.5 Å². The third-order valence-electron chi connectivity index (χ3n) is 11.4. The Labute approximate surface area is 377 Å². The van der Waals surface area contributed by atoms with E-state index < -0.39 is 18.0 Å². The molecule has 0 saturated heterocycles. The van der Waals surface area contributed by atoms with Crippen molar-refractivity contribution < 1.29 is 33.3 Å². The number of carbonyl (C=O) groups excluding carboxylic acids is 3. The topological polar surface area (TPSA) is 117 Å². The zero-order chi connectivity index (χ0) is 43.4. The first-order chi connectivity index (χ1) is 29.1. The molecule has 9 nitrogen and oxygen atoms in total. The van der Waals surface area contributed by atoms with E-state index in [1.807, 2.05) is 24.3 Å². The highest BCUT2D eigenvalue weighted by Gasteiger charge is 2.24. The van der Waals surface area contributed by atoms with Gasteiger partial charge in [0.1, 0.15) is 19.0 Å². The smallest absolute Gasteiger partial charge is 0.338 e. The molecule has 0 bridgehead atoms. The van der Waals surface area contributed by atoms with Gasteiger partial charge in [0.25, 0.3) is 0 Å². The number of benzene rings is 3. The second-order valence-corrected chi connectivity index (χ2v) is 17.2. The lowest BCUT2D eigenvalue weighted by molar-refractivity contribution is -0.151. The van der Waals surface area contributed by atoms with E-state index in [0.717, 1.165) is 37.1 Å². The highest BCUT2D eigenvalue weighted by molar-refractivity contribution is 9.10. The van der Waals surface area contributed by atoms with Crippen molar-refractivity contribution >= 4 is 50.3 Å². The predicted molar refractivity (Wildman–Crippen MR) is 255 cm³/mol. The molecule has 0 aliphatic heterocycles. The molecule has 1 aliphatic carbocycles. The van der Waals surface area contributed by atoms with Crippen LogP contribution in [-0.2, 0) is 30.3 Å².